The quantitative estimate of drug-likeness (QED) is 0.725. The highest BCUT2D eigenvalue weighted by atomic mass is 16.5. The van der Waals surface area contributed by atoms with Gasteiger partial charge in [-0.25, -0.2) is 4.79 Å². The molecule has 1 heterocycles. The van der Waals surface area contributed by atoms with Gasteiger partial charge in [0.15, 0.2) is 12.4 Å². The van der Waals surface area contributed by atoms with Crippen molar-refractivity contribution < 1.29 is 23.5 Å². The van der Waals surface area contributed by atoms with Crippen LogP contribution in [0.3, 0.4) is 0 Å². The smallest absolute Gasteiger partial charge is 0.329 e. The molecule has 1 aromatic carbocycles. The molecule has 2 rings (SSSR count). The first kappa shape index (κ1) is 20.2. The van der Waals surface area contributed by atoms with Crippen LogP contribution in [-0.2, 0) is 20.7 Å². The van der Waals surface area contributed by atoms with Gasteiger partial charge in [0.1, 0.15) is 6.04 Å². The van der Waals surface area contributed by atoms with Crippen LogP contribution < -0.4 is 10.6 Å². The second kappa shape index (κ2) is 9.02. The molecule has 0 saturated carbocycles. The molecule has 2 N–H and O–H groups in total. The second-order valence-electron chi connectivity index (χ2n) is 7.10. The van der Waals surface area contributed by atoms with E-state index < -0.39 is 36.0 Å². The Balaban J connectivity index is 2.02. The van der Waals surface area contributed by atoms with E-state index in [2.05, 4.69) is 10.6 Å². The number of benzene rings is 1. The molecule has 0 aliphatic heterocycles. The summed E-state index contributed by atoms with van der Waals surface area (Å²) >= 11 is 0. The van der Waals surface area contributed by atoms with Crippen LogP contribution in [-0.4, -0.2) is 36.0 Å². The predicted octanol–water partition coefficient (Wildman–Crippen LogP) is 2.08. The fourth-order valence-corrected chi connectivity index (χ4v) is 2.37. The Hall–Kier alpha value is -3.09. The predicted molar refractivity (Wildman–Crippen MR) is 99.0 cm³/mol. The van der Waals surface area contributed by atoms with Gasteiger partial charge in [0.05, 0.1) is 6.26 Å². The second-order valence-corrected chi connectivity index (χ2v) is 7.10. The Kier molecular flexibility index (Phi) is 6.76. The van der Waals surface area contributed by atoms with Gasteiger partial charge in [-0.05, 0) is 38.5 Å². The van der Waals surface area contributed by atoms with Crippen LogP contribution in [0, 0.1) is 0 Å². The molecule has 0 unspecified atom stereocenters. The molecular formula is C20H24N2O5. The van der Waals surface area contributed by atoms with E-state index in [1.54, 1.807) is 6.07 Å². The minimum atomic E-state index is -0.951. The standard InChI is InChI=1S/C20H24N2O5/c1-20(2,3)22-17(23)13-27-19(25)15(12-14-8-5-4-6-9-14)21-18(24)16-10-7-11-26-16/h4-11,15H,12-13H2,1-3H3,(H,21,24)(H,22,23)/t15-/m0/s1. The fraction of sp³-hybridized carbons (Fsp3) is 0.350. The van der Waals surface area contributed by atoms with Crippen molar-refractivity contribution in [2.24, 2.45) is 0 Å². The Bertz CT molecular complexity index is 763. The molecule has 2 amide bonds. The summed E-state index contributed by atoms with van der Waals surface area (Å²) in [4.78, 5) is 36.6. The summed E-state index contributed by atoms with van der Waals surface area (Å²) in [6, 6.07) is 11.3. The highest BCUT2D eigenvalue weighted by molar-refractivity contribution is 5.94. The van der Waals surface area contributed by atoms with Crippen molar-refractivity contribution in [2.45, 2.75) is 38.8 Å². The number of hydrogen-bond donors (Lipinski definition) is 2. The van der Waals surface area contributed by atoms with E-state index in [0.717, 1.165) is 5.56 Å². The summed E-state index contributed by atoms with van der Waals surface area (Å²) in [5.41, 5.74) is 0.416. The van der Waals surface area contributed by atoms with Gasteiger partial charge in [0.25, 0.3) is 11.8 Å². The van der Waals surface area contributed by atoms with Crippen LogP contribution in [0.15, 0.2) is 53.1 Å². The minimum Gasteiger partial charge on any atom is -0.459 e. The van der Waals surface area contributed by atoms with E-state index in [-0.39, 0.29) is 12.2 Å². The third kappa shape index (κ3) is 6.97. The number of hydrogen-bond acceptors (Lipinski definition) is 5. The van der Waals surface area contributed by atoms with Gasteiger partial charge in [-0.2, -0.15) is 0 Å². The number of carbonyl (C=O) groups excluding carboxylic acids is 3. The topological polar surface area (TPSA) is 97.6 Å². The molecule has 0 fully saturated rings. The van der Waals surface area contributed by atoms with Crippen LogP contribution in [0.4, 0.5) is 0 Å². The van der Waals surface area contributed by atoms with E-state index in [4.69, 9.17) is 9.15 Å². The molecule has 0 saturated heterocycles. The molecule has 0 radical (unpaired) electrons. The Morgan fingerprint density at radius 2 is 1.78 bits per heavy atom. The van der Waals surface area contributed by atoms with Crippen molar-refractivity contribution in [3.63, 3.8) is 0 Å². The van der Waals surface area contributed by atoms with Gasteiger partial charge in [0, 0.05) is 12.0 Å². The van der Waals surface area contributed by atoms with E-state index in [1.165, 1.54) is 12.3 Å². The molecule has 0 aliphatic carbocycles. The minimum absolute atomic E-state index is 0.0892. The number of amides is 2. The van der Waals surface area contributed by atoms with Crippen LogP contribution in [0.1, 0.15) is 36.9 Å². The first-order valence-electron chi connectivity index (χ1n) is 8.60. The third-order valence-corrected chi connectivity index (χ3v) is 3.48. The van der Waals surface area contributed by atoms with Crippen LogP contribution >= 0.6 is 0 Å². The highest BCUT2D eigenvalue weighted by Crippen LogP contribution is 2.07. The maximum absolute atomic E-state index is 12.5. The normalized spacial score (nSPS) is 12.1. The summed E-state index contributed by atoms with van der Waals surface area (Å²) in [5.74, 6) is -1.54. The lowest BCUT2D eigenvalue weighted by Gasteiger charge is -2.21. The third-order valence-electron chi connectivity index (χ3n) is 3.48. The van der Waals surface area contributed by atoms with E-state index >= 15 is 0 Å². The van der Waals surface area contributed by atoms with Crippen molar-refractivity contribution in [3.8, 4) is 0 Å². The van der Waals surface area contributed by atoms with Crippen molar-refractivity contribution in [2.75, 3.05) is 6.61 Å². The maximum atomic E-state index is 12.5. The summed E-state index contributed by atoms with van der Waals surface area (Å²) in [7, 11) is 0. The summed E-state index contributed by atoms with van der Waals surface area (Å²) in [5, 5.41) is 5.31. The van der Waals surface area contributed by atoms with Crippen molar-refractivity contribution >= 4 is 17.8 Å². The Morgan fingerprint density at radius 1 is 1.07 bits per heavy atom. The molecule has 1 aromatic heterocycles. The summed E-state index contributed by atoms with van der Waals surface area (Å²) in [6.45, 7) is 5.07. The molecule has 0 bridgehead atoms. The number of ether oxygens (including phenoxy) is 1. The Labute approximate surface area is 158 Å². The van der Waals surface area contributed by atoms with E-state index in [0.29, 0.717) is 0 Å². The number of furan rings is 1. The van der Waals surface area contributed by atoms with E-state index in [9.17, 15) is 14.4 Å². The summed E-state index contributed by atoms with van der Waals surface area (Å²) < 4.78 is 10.2. The molecule has 144 valence electrons. The van der Waals surface area contributed by atoms with Gasteiger partial charge < -0.3 is 19.8 Å². The molecule has 0 spiro atoms. The average molecular weight is 372 g/mol. The van der Waals surface area contributed by atoms with Crippen LogP contribution in [0.25, 0.3) is 0 Å². The molecule has 0 aliphatic rings. The lowest BCUT2D eigenvalue weighted by Crippen LogP contribution is -2.46. The molecule has 27 heavy (non-hydrogen) atoms. The molecule has 7 nitrogen and oxygen atoms in total. The number of carbonyl (C=O) groups is 3. The van der Waals surface area contributed by atoms with Gasteiger partial charge in [-0.3, -0.25) is 9.59 Å². The molecule has 2 aromatic rings. The van der Waals surface area contributed by atoms with Gasteiger partial charge >= 0.3 is 5.97 Å². The fourth-order valence-electron chi connectivity index (χ4n) is 2.37. The Morgan fingerprint density at radius 3 is 2.37 bits per heavy atom. The highest BCUT2D eigenvalue weighted by Gasteiger charge is 2.25. The van der Waals surface area contributed by atoms with Crippen LogP contribution in [0.2, 0.25) is 0 Å². The first-order valence-corrected chi connectivity index (χ1v) is 8.60. The zero-order chi connectivity index (χ0) is 19.9. The number of esters is 1. The van der Waals surface area contributed by atoms with Gasteiger partial charge in [-0.1, -0.05) is 30.3 Å². The molecule has 1 atom stereocenters. The monoisotopic (exact) mass is 372 g/mol. The van der Waals surface area contributed by atoms with Crippen molar-refractivity contribution in [3.05, 3.63) is 60.1 Å². The lowest BCUT2D eigenvalue weighted by molar-refractivity contribution is -0.150. The molecule has 7 heteroatoms. The first-order chi connectivity index (χ1) is 12.7. The number of rotatable bonds is 7. The largest absolute Gasteiger partial charge is 0.459 e. The number of nitrogens with one attached hydrogen (secondary N) is 2. The van der Waals surface area contributed by atoms with Gasteiger partial charge in [-0.15, -0.1) is 0 Å². The van der Waals surface area contributed by atoms with Crippen molar-refractivity contribution in [1.29, 1.82) is 0 Å². The maximum Gasteiger partial charge on any atom is 0.329 e. The SMILES string of the molecule is CC(C)(C)NC(=O)COC(=O)[C@H](Cc1ccccc1)NC(=O)c1ccco1. The molecular weight excluding hydrogens is 348 g/mol. The van der Waals surface area contributed by atoms with E-state index in [1.807, 2.05) is 51.1 Å². The van der Waals surface area contributed by atoms with Crippen LogP contribution in [0.5, 0.6) is 0 Å². The zero-order valence-corrected chi connectivity index (χ0v) is 15.7. The van der Waals surface area contributed by atoms with Crippen molar-refractivity contribution in [1.82, 2.24) is 10.6 Å². The summed E-state index contributed by atoms with van der Waals surface area (Å²) in [6.07, 6.45) is 1.60. The van der Waals surface area contributed by atoms with Gasteiger partial charge in [0.2, 0.25) is 0 Å². The lowest BCUT2D eigenvalue weighted by atomic mass is 10.1. The average Bonchev–Trinajstić information content (AvgIpc) is 3.13. The zero-order valence-electron chi connectivity index (χ0n) is 15.7.